The van der Waals surface area contributed by atoms with Gasteiger partial charge in [-0.2, -0.15) is 5.10 Å². The van der Waals surface area contributed by atoms with Crippen molar-refractivity contribution in [2.45, 2.75) is 11.3 Å². The number of nitro benzene ring substituents is 1. The van der Waals surface area contributed by atoms with Crippen LogP contribution in [-0.4, -0.2) is 26.9 Å². The molecule has 0 aliphatic rings. The van der Waals surface area contributed by atoms with Crippen LogP contribution in [0, 0.1) is 10.1 Å². The van der Waals surface area contributed by atoms with E-state index in [1.54, 1.807) is 28.6 Å². The molecular formula is C24H20N4O3S. The number of benzene rings is 3. The lowest BCUT2D eigenvalue weighted by atomic mass is 10.1. The standard InChI is InChI=1S/C24H20N4O3S/c1-32-22-9-5-6-19(15-22)25-23(29)14-18-16-27(20-7-3-2-4-8-20)26-24(18)17-10-12-21(13-11-17)28(30)31/h2-13,15-16H,14H2,1H3,(H,25,29). The molecule has 1 aromatic heterocycles. The minimum atomic E-state index is -0.441. The molecule has 32 heavy (non-hydrogen) atoms. The molecule has 0 unspecified atom stereocenters. The van der Waals surface area contributed by atoms with Gasteiger partial charge in [0.05, 0.1) is 22.7 Å². The third kappa shape index (κ3) is 4.87. The van der Waals surface area contributed by atoms with Crippen molar-refractivity contribution in [3.05, 3.63) is 101 Å². The third-order valence-corrected chi connectivity index (χ3v) is 5.59. The van der Waals surface area contributed by atoms with Gasteiger partial charge in [0.15, 0.2) is 0 Å². The number of rotatable bonds is 7. The van der Waals surface area contributed by atoms with E-state index >= 15 is 0 Å². The van der Waals surface area contributed by atoms with Gasteiger partial charge in [-0.1, -0.05) is 24.3 Å². The summed E-state index contributed by atoms with van der Waals surface area (Å²) in [4.78, 5) is 24.4. The van der Waals surface area contributed by atoms with Gasteiger partial charge in [0.25, 0.3) is 5.69 Å². The summed E-state index contributed by atoms with van der Waals surface area (Å²) in [5.41, 5.74) is 3.63. The van der Waals surface area contributed by atoms with Crippen LogP contribution in [0.2, 0.25) is 0 Å². The Bertz CT molecular complexity index is 1250. The van der Waals surface area contributed by atoms with Gasteiger partial charge >= 0.3 is 0 Å². The number of para-hydroxylation sites is 1. The fourth-order valence-electron chi connectivity index (χ4n) is 3.32. The molecule has 0 saturated carbocycles. The van der Waals surface area contributed by atoms with Crippen molar-refractivity contribution in [1.29, 1.82) is 0 Å². The molecule has 0 aliphatic heterocycles. The maximum atomic E-state index is 12.8. The first-order chi connectivity index (χ1) is 15.5. The minimum absolute atomic E-state index is 0.00390. The summed E-state index contributed by atoms with van der Waals surface area (Å²) in [6.07, 6.45) is 3.92. The first-order valence-corrected chi connectivity index (χ1v) is 11.1. The number of hydrogen-bond donors (Lipinski definition) is 1. The van der Waals surface area contributed by atoms with E-state index in [2.05, 4.69) is 10.4 Å². The molecule has 0 bridgehead atoms. The Morgan fingerprint density at radius 2 is 1.81 bits per heavy atom. The number of thioether (sulfide) groups is 1. The highest BCUT2D eigenvalue weighted by atomic mass is 32.2. The average Bonchev–Trinajstić information content (AvgIpc) is 3.23. The zero-order valence-electron chi connectivity index (χ0n) is 17.3. The van der Waals surface area contributed by atoms with Gasteiger partial charge in [0.1, 0.15) is 0 Å². The van der Waals surface area contributed by atoms with Crippen LogP contribution < -0.4 is 5.32 Å². The zero-order chi connectivity index (χ0) is 22.5. The van der Waals surface area contributed by atoms with Crippen LogP contribution in [0.25, 0.3) is 16.9 Å². The highest BCUT2D eigenvalue weighted by molar-refractivity contribution is 7.98. The first-order valence-electron chi connectivity index (χ1n) is 9.86. The fourth-order valence-corrected chi connectivity index (χ4v) is 3.77. The Morgan fingerprint density at radius 3 is 2.50 bits per heavy atom. The van der Waals surface area contributed by atoms with Crippen LogP contribution in [0.3, 0.4) is 0 Å². The number of non-ortho nitro benzene ring substituents is 1. The van der Waals surface area contributed by atoms with Crippen LogP contribution >= 0.6 is 11.8 Å². The number of hydrogen-bond acceptors (Lipinski definition) is 5. The Kier molecular flexibility index (Phi) is 6.32. The predicted octanol–water partition coefficient (Wildman–Crippen LogP) is 5.35. The van der Waals surface area contributed by atoms with Crippen molar-refractivity contribution < 1.29 is 9.72 Å². The first kappa shape index (κ1) is 21.3. The van der Waals surface area contributed by atoms with Crippen molar-refractivity contribution in [3.8, 4) is 16.9 Å². The summed E-state index contributed by atoms with van der Waals surface area (Å²) in [7, 11) is 0. The molecule has 4 aromatic rings. The van der Waals surface area contributed by atoms with E-state index < -0.39 is 4.92 Å². The normalized spacial score (nSPS) is 10.7. The van der Waals surface area contributed by atoms with Gasteiger partial charge in [-0.15, -0.1) is 11.8 Å². The quantitative estimate of drug-likeness (QED) is 0.236. The molecule has 0 saturated heterocycles. The summed E-state index contributed by atoms with van der Waals surface area (Å²) >= 11 is 1.61. The topological polar surface area (TPSA) is 90.1 Å². The van der Waals surface area contributed by atoms with E-state index in [1.807, 2.05) is 67.0 Å². The van der Waals surface area contributed by atoms with E-state index in [0.29, 0.717) is 11.3 Å². The second-order valence-electron chi connectivity index (χ2n) is 7.04. The fraction of sp³-hybridized carbons (Fsp3) is 0.0833. The maximum absolute atomic E-state index is 12.8. The Hall–Kier alpha value is -3.91. The molecule has 3 aromatic carbocycles. The van der Waals surface area contributed by atoms with Crippen molar-refractivity contribution in [1.82, 2.24) is 9.78 Å². The minimum Gasteiger partial charge on any atom is -0.326 e. The van der Waals surface area contributed by atoms with E-state index in [0.717, 1.165) is 21.8 Å². The Labute approximate surface area is 189 Å². The predicted molar refractivity (Wildman–Crippen MR) is 126 cm³/mol. The Balaban J connectivity index is 1.65. The third-order valence-electron chi connectivity index (χ3n) is 4.87. The molecule has 0 atom stereocenters. The molecule has 8 heteroatoms. The number of amides is 1. The van der Waals surface area contributed by atoms with Crippen molar-refractivity contribution in [2.24, 2.45) is 0 Å². The SMILES string of the molecule is CSc1cccc(NC(=O)Cc2cn(-c3ccccc3)nc2-c2ccc([N+](=O)[O-])cc2)c1. The molecule has 7 nitrogen and oxygen atoms in total. The molecule has 160 valence electrons. The number of nitro groups is 1. The van der Waals surface area contributed by atoms with Gasteiger partial charge in [-0.25, -0.2) is 4.68 Å². The number of aromatic nitrogens is 2. The lowest BCUT2D eigenvalue weighted by Crippen LogP contribution is -2.14. The Morgan fingerprint density at radius 1 is 1.06 bits per heavy atom. The molecular weight excluding hydrogens is 424 g/mol. The van der Waals surface area contributed by atoms with E-state index in [1.165, 1.54) is 12.1 Å². The van der Waals surface area contributed by atoms with E-state index in [9.17, 15) is 14.9 Å². The van der Waals surface area contributed by atoms with Gasteiger partial charge in [0, 0.05) is 40.0 Å². The summed E-state index contributed by atoms with van der Waals surface area (Å²) in [6.45, 7) is 0. The summed E-state index contributed by atoms with van der Waals surface area (Å²) < 4.78 is 1.72. The molecule has 0 aliphatic carbocycles. The van der Waals surface area contributed by atoms with Crippen LogP contribution in [0.5, 0.6) is 0 Å². The van der Waals surface area contributed by atoms with E-state index in [4.69, 9.17) is 0 Å². The molecule has 1 N–H and O–H groups in total. The van der Waals surface area contributed by atoms with Crippen molar-refractivity contribution in [3.63, 3.8) is 0 Å². The number of carbonyl (C=O) groups excluding carboxylic acids is 1. The van der Waals surface area contributed by atoms with Gasteiger partial charge in [0.2, 0.25) is 5.91 Å². The molecule has 1 amide bonds. The zero-order valence-corrected chi connectivity index (χ0v) is 18.1. The summed E-state index contributed by atoms with van der Waals surface area (Å²) in [6, 6.07) is 23.4. The second kappa shape index (κ2) is 9.49. The molecule has 0 spiro atoms. The van der Waals surface area contributed by atoms with Crippen LogP contribution in [0.15, 0.2) is 90.0 Å². The average molecular weight is 445 g/mol. The lowest BCUT2D eigenvalue weighted by molar-refractivity contribution is -0.384. The maximum Gasteiger partial charge on any atom is 0.269 e. The molecule has 0 fully saturated rings. The van der Waals surface area contributed by atoms with Gasteiger partial charge in [-0.05, 0) is 48.7 Å². The van der Waals surface area contributed by atoms with Crippen LogP contribution in [0.4, 0.5) is 11.4 Å². The molecule has 1 heterocycles. The highest BCUT2D eigenvalue weighted by Crippen LogP contribution is 2.27. The second-order valence-corrected chi connectivity index (χ2v) is 7.92. The lowest BCUT2D eigenvalue weighted by Gasteiger charge is -2.07. The van der Waals surface area contributed by atoms with Crippen LogP contribution in [0.1, 0.15) is 5.56 Å². The van der Waals surface area contributed by atoms with E-state index in [-0.39, 0.29) is 18.0 Å². The molecule has 4 rings (SSSR count). The van der Waals surface area contributed by atoms with Crippen LogP contribution in [-0.2, 0) is 11.2 Å². The monoisotopic (exact) mass is 444 g/mol. The largest absolute Gasteiger partial charge is 0.326 e. The number of anilines is 1. The van der Waals surface area contributed by atoms with Crippen molar-refractivity contribution in [2.75, 3.05) is 11.6 Å². The number of nitrogens with zero attached hydrogens (tertiary/aromatic N) is 3. The van der Waals surface area contributed by atoms with Crippen molar-refractivity contribution >= 4 is 29.0 Å². The summed E-state index contributed by atoms with van der Waals surface area (Å²) in [5.74, 6) is -0.168. The number of carbonyl (C=O) groups is 1. The van der Waals surface area contributed by atoms with Gasteiger partial charge < -0.3 is 5.32 Å². The molecule has 0 radical (unpaired) electrons. The van der Waals surface area contributed by atoms with Gasteiger partial charge in [-0.3, -0.25) is 14.9 Å². The summed E-state index contributed by atoms with van der Waals surface area (Å²) in [5, 5.41) is 18.6. The number of nitrogens with one attached hydrogen (secondary N) is 1. The smallest absolute Gasteiger partial charge is 0.269 e. The highest BCUT2D eigenvalue weighted by Gasteiger charge is 2.17.